The van der Waals surface area contributed by atoms with E-state index in [1.807, 2.05) is 0 Å². The smallest absolute Gasteiger partial charge is 0.453 e. The maximum atomic E-state index is 12.5. The molecule has 1 heterocycles. The van der Waals surface area contributed by atoms with Gasteiger partial charge in [-0.15, -0.1) is 0 Å². The average molecular weight is 275 g/mol. The van der Waals surface area contributed by atoms with Crippen molar-refractivity contribution in [1.29, 1.82) is 0 Å². The minimum Gasteiger partial charge on any atom is -0.465 e. The maximum Gasteiger partial charge on any atom is 0.453 e. The second kappa shape index (κ2) is 5.81. The van der Waals surface area contributed by atoms with Crippen molar-refractivity contribution in [3.05, 3.63) is 0 Å². The van der Waals surface area contributed by atoms with Crippen molar-refractivity contribution in [3.8, 4) is 0 Å². The molecule has 0 aromatic heterocycles. The van der Waals surface area contributed by atoms with Crippen LogP contribution in [0.4, 0.5) is 22.0 Å². The third kappa shape index (κ3) is 4.40. The van der Waals surface area contributed by atoms with Crippen molar-refractivity contribution in [2.45, 2.75) is 31.4 Å². The monoisotopic (exact) mass is 275 g/mol. The molecule has 0 amide bonds. The van der Waals surface area contributed by atoms with Crippen molar-refractivity contribution in [2.75, 3.05) is 19.7 Å². The summed E-state index contributed by atoms with van der Waals surface area (Å²) in [5, 5.41) is 3.05. The highest BCUT2D eigenvalue weighted by atomic mass is 19.4. The quantitative estimate of drug-likeness (QED) is 0.631. The van der Waals surface area contributed by atoms with Gasteiger partial charge in [-0.05, 0) is 31.8 Å². The van der Waals surface area contributed by atoms with Gasteiger partial charge in [0.2, 0.25) is 0 Å². The molecule has 0 aliphatic carbocycles. The van der Waals surface area contributed by atoms with E-state index < -0.39 is 24.5 Å². The van der Waals surface area contributed by atoms with Crippen LogP contribution in [0.2, 0.25) is 0 Å². The summed E-state index contributed by atoms with van der Waals surface area (Å²) in [5.41, 5.74) is 0. The number of alkyl halides is 5. The summed E-state index contributed by atoms with van der Waals surface area (Å²) in [6, 6.07) is 0. The molecule has 106 valence electrons. The van der Waals surface area contributed by atoms with Gasteiger partial charge in [-0.2, -0.15) is 22.0 Å². The van der Waals surface area contributed by atoms with E-state index in [0.29, 0.717) is 12.8 Å². The Hall–Kier alpha value is -0.920. The number of nitrogens with one attached hydrogen (secondary N) is 1. The van der Waals surface area contributed by atoms with Gasteiger partial charge in [0, 0.05) is 0 Å². The Morgan fingerprint density at radius 3 is 2.22 bits per heavy atom. The van der Waals surface area contributed by atoms with Gasteiger partial charge in [0.1, 0.15) is 6.42 Å². The predicted molar refractivity (Wildman–Crippen MR) is 52.2 cm³/mol. The highest BCUT2D eigenvalue weighted by Crippen LogP contribution is 2.38. The number of carbonyl (C=O) groups excluding carboxylic acids is 1. The number of hydrogen-bond donors (Lipinski definition) is 1. The van der Waals surface area contributed by atoms with Gasteiger partial charge in [-0.25, -0.2) is 0 Å². The van der Waals surface area contributed by atoms with E-state index in [-0.39, 0.29) is 12.5 Å². The Labute approximate surface area is 101 Å². The van der Waals surface area contributed by atoms with Crippen LogP contribution in [0.3, 0.4) is 0 Å². The second-order valence-electron chi connectivity index (χ2n) is 4.26. The Morgan fingerprint density at radius 2 is 1.72 bits per heavy atom. The Balaban J connectivity index is 2.33. The van der Waals surface area contributed by atoms with E-state index in [1.165, 1.54) is 0 Å². The molecule has 0 saturated carbocycles. The van der Waals surface area contributed by atoms with E-state index in [9.17, 15) is 26.7 Å². The first-order valence-electron chi connectivity index (χ1n) is 5.53. The molecule has 0 bridgehead atoms. The minimum atomic E-state index is -5.72. The summed E-state index contributed by atoms with van der Waals surface area (Å²) in [7, 11) is 0. The zero-order chi connectivity index (χ0) is 13.8. The van der Waals surface area contributed by atoms with Gasteiger partial charge in [0.05, 0.1) is 6.61 Å². The SMILES string of the molecule is O=C(CC(F)(F)C(F)(F)F)OCC1CCNCC1. The summed E-state index contributed by atoms with van der Waals surface area (Å²) < 4.78 is 65.0. The van der Waals surface area contributed by atoms with Crippen molar-refractivity contribution in [1.82, 2.24) is 5.32 Å². The fourth-order valence-corrected chi connectivity index (χ4v) is 1.59. The van der Waals surface area contributed by atoms with E-state index in [4.69, 9.17) is 0 Å². The van der Waals surface area contributed by atoms with Crippen LogP contribution in [-0.2, 0) is 9.53 Å². The molecule has 0 radical (unpaired) electrons. The van der Waals surface area contributed by atoms with Gasteiger partial charge in [-0.3, -0.25) is 4.79 Å². The Bertz CT molecular complexity index is 286. The zero-order valence-corrected chi connectivity index (χ0v) is 9.53. The van der Waals surface area contributed by atoms with Gasteiger partial charge < -0.3 is 10.1 Å². The molecule has 0 aromatic rings. The van der Waals surface area contributed by atoms with Gasteiger partial charge in [0.25, 0.3) is 0 Å². The number of carbonyl (C=O) groups is 1. The Kier molecular flexibility index (Phi) is 4.89. The molecule has 1 rings (SSSR count). The van der Waals surface area contributed by atoms with Crippen LogP contribution < -0.4 is 5.32 Å². The van der Waals surface area contributed by atoms with Crippen molar-refractivity contribution < 1.29 is 31.5 Å². The van der Waals surface area contributed by atoms with E-state index in [0.717, 1.165) is 13.1 Å². The largest absolute Gasteiger partial charge is 0.465 e. The van der Waals surface area contributed by atoms with E-state index >= 15 is 0 Å². The molecule has 1 N–H and O–H groups in total. The van der Waals surface area contributed by atoms with Gasteiger partial charge in [0.15, 0.2) is 0 Å². The molecule has 0 spiro atoms. The van der Waals surface area contributed by atoms with Crippen LogP contribution in [0.1, 0.15) is 19.3 Å². The van der Waals surface area contributed by atoms with Crippen LogP contribution >= 0.6 is 0 Å². The van der Waals surface area contributed by atoms with Crippen molar-refractivity contribution in [3.63, 3.8) is 0 Å². The fourth-order valence-electron chi connectivity index (χ4n) is 1.59. The third-order valence-corrected chi connectivity index (χ3v) is 2.72. The van der Waals surface area contributed by atoms with Crippen LogP contribution in [0, 0.1) is 5.92 Å². The molecular formula is C10H14F5NO2. The van der Waals surface area contributed by atoms with E-state index in [2.05, 4.69) is 10.1 Å². The summed E-state index contributed by atoms with van der Waals surface area (Å²) >= 11 is 0. The number of ether oxygens (including phenoxy) is 1. The highest BCUT2D eigenvalue weighted by molar-refractivity contribution is 5.70. The molecule has 1 aliphatic rings. The zero-order valence-electron chi connectivity index (χ0n) is 9.53. The molecule has 0 aromatic carbocycles. The summed E-state index contributed by atoms with van der Waals surface area (Å²) in [4.78, 5) is 10.9. The molecule has 8 heteroatoms. The van der Waals surface area contributed by atoms with Crippen LogP contribution in [0.15, 0.2) is 0 Å². The molecule has 1 aliphatic heterocycles. The lowest BCUT2D eigenvalue weighted by atomic mass is 9.99. The molecule has 0 unspecified atom stereocenters. The molecule has 1 fully saturated rings. The van der Waals surface area contributed by atoms with Gasteiger partial charge >= 0.3 is 18.1 Å². The molecule has 18 heavy (non-hydrogen) atoms. The number of halogens is 5. The first kappa shape index (κ1) is 15.1. The summed E-state index contributed by atoms with van der Waals surface area (Å²) in [6.45, 7) is 1.34. The summed E-state index contributed by atoms with van der Waals surface area (Å²) in [5.74, 6) is -6.52. The number of rotatable bonds is 4. The van der Waals surface area contributed by atoms with Gasteiger partial charge in [-0.1, -0.05) is 0 Å². The summed E-state index contributed by atoms with van der Waals surface area (Å²) in [6.07, 6.45) is -6.26. The minimum absolute atomic E-state index is 0.0229. The molecule has 1 saturated heterocycles. The Morgan fingerprint density at radius 1 is 1.17 bits per heavy atom. The second-order valence-corrected chi connectivity index (χ2v) is 4.26. The highest BCUT2D eigenvalue weighted by Gasteiger charge is 2.58. The maximum absolute atomic E-state index is 12.5. The lowest BCUT2D eigenvalue weighted by Gasteiger charge is -2.23. The predicted octanol–water partition coefficient (Wildman–Crippen LogP) is 2.12. The first-order chi connectivity index (χ1) is 8.22. The normalized spacial score (nSPS) is 18.7. The van der Waals surface area contributed by atoms with E-state index in [1.54, 1.807) is 0 Å². The molecule has 3 nitrogen and oxygen atoms in total. The average Bonchev–Trinajstić information content (AvgIpc) is 2.26. The topological polar surface area (TPSA) is 38.3 Å². The lowest BCUT2D eigenvalue weighted by molar-refractivity contribution is -0.284. The van der Waals surface area contributed by atoms with Crippen molar-refractivity contribution >= 4 is 5.97 Å². The molecular weight excluding hydrogens is 261 g/mol. The molecule has 0 atom stereocenters. The lowest BCUT2D eigenvalue weighted by Crippen LogP contribution is -2.39. The van der Waals surface area contributed by atoms with Crippen LogP contribution in [0.25, 0.3) is 0 Å². The standard InChI is InChI=1S/C10H14F5NO2/c11-9(12,10(13,14)15)5-8(17)18-6-7-1-3-16-4-2-7/h7,16H,1-6H2. The first-order valence-corrected chi connectivity index (χ1v) is 5.53. The van der Waals surface area contributed by atoms with Crippen LogP contribution in [-0.4, -0.2) is 37.8 Å². The van der Waals surface area contributed by atoms with Crippen LogP contribution in [0.5, 0.6) is 0 Å². The fraction of sp³-hybridized carbons (Fsp3) is 0.900. The number of hydrogen-bond acceptors (Lipinski definition) is 3. The third-order valence-electron chi connectivity index (χ3n) is 2.72. The number of esters is 1. The number of piperidine rings is 1. The van der Waals surface area contributed by atoms with Crippen molar-refractivity contribution in [2.24, 2.45) is 5.92 Å².